The highest BCUT2D eigenvalue weighted by molar-refractivity contribution is 5.99. The summed E-state index contributed by atoms with van der Waals surface area (Å²) in [5.74, 6) is 5.18. The molecule has 0 radical (unpaired) electrons. The van der Waals surface area contributed by atoms with E-state index in [4.69, 9.17) is 0 Å². The highest BCUT2D eigenvalue weighted by atomic mass is 16.5. The van der Waals surface area contributed by atoms with Crippen LogP contribution in [-0.2, 0) is 19.1 Å². The van der Waals surface area contributed by atoms with Gasteiger partial charge in [-0.1, -0.05) is 13.8 Å². The summed E-state index contributed by atoms with van der Waals surface area (Å²) >= 11 is 0. The van der Waals surface area contributed by atoms with Gasteiger partial charge in [-0.25, -0.2) is 0 Å². The number of carbonyl (C=O) groups excluding carboxylic acids is 2. The molecule has 0 atom stereocenters. The molecule has 4 heteroatoms. The summed E-state index contributed by atoms with van der Waals surface area (Å²) in [7, 11) is 2.49. The summed E-state index contributed by atoms with van der Waals surface area (Å²) in [5, 5.41) is 0. The maximum atomic E-state index is 11.6. The normalized spacial score (nSPS) is 10.6. The zero-order valence-corrected chi connectivity index (χ0v) is 11.8. The SMILES string of the molecule is COC(=O)C(C)(CC#CCCC(C)C)C(=O)OC. The molecule has 0 N–H and O–H groups in total. The quantitative estimate of drug-likeness (QED) is 0.428. The van der Waals surface area contributed by atoms with Crippen molar-refractivity contribution < 1.29 is 19.1 Å². The Morgan fingerprint density at radius 3 is 2.00 bits per heavy atom. The van der Waals surface area contributed by atoms with Crippen molar-refractivity contribution in [1.82, 2.24) is 0 Å². The first-order valence-electron chi connectivity index (χ1n) is 6.01. The average Bonchev–Trinajstić information content (AvgIpc) is 2.35. The Balaban J connectivity index is 4.62. The first kappa shape index (κ1) is 16.5. The molecule has 4 nitrogen and oxygen atoms in total. The Hall–Kier alpha value is -1.50. The predicted octanol–water partition coefficient (Wildman–Crippen LogP) is 2.17. The van der Waals surface area contributed by atoms with Crippen LogP contribution in [0.3, 0.4) is 0 Å². The van der Waals surface area contributed by atoms with E-state index < -0.39 is 17.4 Å². The molecular formula is C14H22O4. The van der Waals surface area contributed by atoms with Crippen molar-refractivity contribution in [3.63, 3.8) is 0 Å². The molecule has 102 valence electrons. The molecule has 0 spiro atoms. The fourth-order valence-corrected chi connectivity index (χ4v) is 1.37. The van der Waals surface area contributed by atoms with Crippen LogP contribution in [0.25, 0.3) is 0 Å². The van der Waals surface area contributed by atoms with Gasteiger partial charge in [0.1, 0.15) is 0 Å². The highest BCUT2D eigenvalue weighted by Gasteiger charge is 2.43. The van der Waals surface area contributed by atoms with Crippen LogP contribution in [0.1, 0.15) is 40.0 Å². The first-order chi connectivity index (χ1) is 8.38. The average molecular weight is 254 g/mol. The lowest BCUT2D eigenvalue weighted by Crippen LogP contribution is -2.38. The number of rotatable bonds is 5. The van der Waals surface area contributed by atoms with Crippen molar-refractivity contribution >= 4 is 11.9 Å². The van der Waals surface area contributed by atoms with Gasteiger partial charge < -0.3 is 9.47 Å². The minimum Gasteiger partial charge on any atom is -0.468 e. The number of hydrogen-bond donors (Lipinski definition) is 0. The third kappa shape index (κ3) is 4.79. The molecule has 18 heavy (non-hydrogen) atoms. The molecule has 0 unspecified atom stereocenters. The molecule has 0 saturated heterocycles. The Labute approximate surface area is 109 Å². The number of esters is 2. The van der Waals surface area contributed by atoms with E-state index in [9.17, 15) is 9.59 Å². The zero-order chi connectivity index (χ0) is 14.2. The first-order valence-corrected chi connectivity index (χ1v) is 6.01. The van der Waals surface area contributed by atoms with E-state index in [-0.39, 0.29) is 6.42 Å². The Kier molecular flexibility index (Phi) is 7.11. The molecule has 0 aliphatic rings. The van der Waals surface area contributed by atoms with E-state index in [2.05, 4.69) is 35.2 Å². The minimum absolute atomic E-state index is 0.116. The van der Waals surface area contributed by atoms with Gasteiger partial charge in [0.15, 0.2) is 5.41 Å². The van der Waals surface area contributed by atoms with E-state index in [1.165, 1.54) is 21.1 Å². The smallest absolute Gasteiger partial charge is 0.323 e. The Bertz CT molecular complexity index is 331. The van der Waals surface area contributed by atoms with Gasteiger partial charge in [-0.3, -0.25) is 9.59 Å². The van der Waals surface area contributed by atoms with Crippen LogP contribution >= 0.6 is 0 Å². The van der Waals surface area contributed by atoms with Gasteiger partial charge in [-0.15, -0.1) is 11.8 Å². The second kappa shape index (κ2) is 7.75. The van der Waals surface area contributed by atoms with E-state index in [1.54, 1.807) is 0 Å². The van der Waals surface area contributed by atoms with E-state index in [0.717, 1.165) is 12.8 Å². The lowest BCUT2D eigenvalue weighted by atomic mass is 9.87. The van der Waals surface area contributed by atoms with Crippen LogP contribution in [0.5, 0.6) is 0 Å². The third-order valence-electron chi connectivity index (χ3n) is 2.69. The van der Waals surface area contributed by atoms with Gasteiger partial charge in [0, 0.05) is 12.8 Å². The number of ether oxygens (including phenoxy) is 2. The van der Waals surface area contributed by atoms with Crippen molar-refractivity contribution in [2.24, 2.45) is 11.3 Å². The minimum atomic E-state index is -1.34. The molecule has 0 rings (SSSR count). The van der Waals surface area contributed by atoms with Crippen LogP contribution in [-0.4, -0.2) is 26.2 Å². The van der Waals surface area contributed by atoms with Gasteiger partial charge in [0.2, 0.25) is 0 Å². The van der Waals surface area contributed by atoms with Gasteiger partial charge in [-0.05, 0) is 19.3 Å². The molecule has 0 aromatic rings. The summed E-state index contributed by atoms with van der Waals surface area (Å²) in [5.41, 5.74) is -1.34. The van der Waals surface area contributed by atoms with Gasteiger partial charge >= 0.3 is 11.9 Å². The fraction of sp³-hybridized carbons (Fsp3) is 0.714. The molecular weight excluding hydrogens is 232 g/mol. The fourth-order valence-electron chi connectivity index (χ4n) is 1.37. The van der Waals surface area contributed by atoms with Crippen LogP contribution < -0.4 is 0 Å². The summed E-state index contributed by atoms with van der Waals surface area (Å²) in [6, 6.07) is 0. The Morgan fingerprint density at radius 1 is 1.11 bits per heavy atom. The summed E-state index contributed by atoms with van der Waals surface area (Å²) in [6.45, 7) is 5.73. The maximum Gasteiger partial charge on any atom is 0.323 e. The zero-order valence-electron chi connectivity index (χ0n) is 11.8. The maximum absolute atomic E-state index is 11.6. The largest absolute Gasteiger partial charge is 0.468 e. The summed E-state index contributed by atoms with van der Waals surface area (Å²) in [6.07, 6.45) is 1.88. The molecule has 0 aromatic carbocycles. The standard InChI is InChI=1S/C14H22O4/c1-11(2)9-7-6-8-10-14(3,12(15)17-4)13(16)18-5/h11H,7,9-10H2,1-5H3. The monoisotopic (exact) mass is 254 g/mol. The lowest BCUT2D eigenvalue weighted by Gasteiger charge is -2.20. The molecule has 0 fully saturated rings. The number of methoxy groups -OCH3 is 2. The van der Waals surface area contributed by atoms with Gasteiger partial charge in [-0.2, -0.15) is 0 Å². The number of hydrogen-bond acceptors (Lipinski definition) is 4. The molecule has 0 bridgehead atoms. The highest BCUT2D eigenvalue weighted by Crippen LogP contribution is 2.24. The molecule has 0 amide bonds. The van der Waals surface area contributed by atoms with Crippen LogP contribution in [0.15, 0.2) is 0 Å². The summed E-state index contributed by atoms with van der Waals surface area (Å²) in [4.78, 5) is 23.2. The van der Waals surface area contributed by atoms with E-state index in [0.29, 0.717) is 5.92 Å². The second-order valence-electron chi connectivity index (χ2n) is 4.78. The van der Waals surface area contributed by atoms with E-state index in [1.807, 2.05) is 0 Å². The molecule has 0 saturated carbocycles. The van der Waals surface area contributed by atoms with Gasteiger partial charge in [0.05, 0.1) is 14.2 Å². The van der Waals surface area contributed by atoms with Crippen molar-refractivity contribution in [2.75, 3.05) is 14.2 Å². The Morgan fingerprint density at radius 2 is 1.61 bits per heavy atom. The van der Waals surface area contributed by atoms with E-state index >= 15 is 0 Å². The van der Waals surface area contributed by atoms with Crippen molar-refractivity contribution in [3.8, 4) is 11.8 Å². The van der Waals surface area contributed by atoms with Gasteiger partial charge in [0.25, 0.3) is 0 Å². The molecule has 0 aromatic heterocycles. The van der Waals surface area contributed by atoms with Crippen molar-refractivity contribution in [2.45, 2.75) is 40.0 Å². The third-order valence-corrected chi connectivity index (χ3v) is 2.69. The van der Waals surface area contributed by atoms with Crippen LogP contribution in [0.4, 0.5) is 0 Å². The summed E-state index contributed by atoms with van der Waals surface area (Å²) < 4.78 is 9.25. The molecule has 0 aliphatic heterocycles. The topological polar surface area (TPSA) is 52.6 Å². The predicted molar refractivity (Wildman–Crippen MR) is 68.6 cm³/mol. The van der Waals surface area contributed by atoms with Crippen molar-refractivity contribution in [1.29, 1.82) is 0 Å². The number of carbonyl (C=O) groups is 2. The van der Waals surface area contributed by atoms with Crippen LogP contribution in [0.2, 0.25) is 0 Å². The van der Waals surface area contributed by atoms with Crippen molar-refractivity contribution in [3.05, 3.63) is 0 Å². The molecule has 0 aliphatic carbocycles. The second-order valence-corrected chi connectivity index (χ2v) is 4.78. The molecule has 0 heterocycles. The lowest BCUT2D eigenvalue weighted by molar-refractivity contribution is -0.167. The van der Waals surface area contributed by atoms with Crippen LogP contribution in [0, 0.1) is 23.2 Å².